The second kappa shape index (κ2) is 6.83. The summed E-state index contributed by atoms with van der Waals surface area (Å²) in [6.07, 6.45) is 5.93. The average molecular weight is 289 g/mol. The Hall–Kier alpha value is -2.43. The quantitative estimate of drug-likeness (QED) is 0.847. The summed E-state index contributed by atoms with van der Waals surface area (Å²) in [7, 11) is 3.12. The number of rotatable bonds is 5. The minimum absolute atomic E-state index is 0.0667. The number of methoxy groups -OCH3 is 2. The fourth-order valence-electron chi connectivity index (χ4n) is 2.02. The van der Waals surface area contributed by atoms with Crippen LogP contribution in [0.1, 0.15) is 13.3 Å². The van der Waals surface area contributed by atoms with Gasteiger partial charge >= 0.3 is 0 Å². The van der Waals surface area contributed by atoms with Crippen LogP contribution < -0.4 is 14.8 Å². The van der Waals surface area contributed by atoms with Crippen LogP contribution in [-0.2, 0) is 9.53 Å². The number of hydrogen-bond donors (Lipinski definition) is 1. The third kappa shape index (κ3) is 4.02. The highest BCUT2D eigenvalue weighted by Gasteiger charge is 2.12. The molecule has 1 amide bonds. The highest BCUT2D eigenvalue weighted by Crippen LogP contribution is 2.28. The van der Waals surface area contributed by atoms with Crippen molar-refractivity contribution in [1.82, 2.24) is 0 Å². The first-order valence-corrected chi connectivity index (χ1v) is 6.67. The van der Waals surface area contributed by atoms with Gasteiger partial charge in [0.15, 0.2) is 0 Å². The zero-order valence-electron chi connectivity index (χ0n) is 12.4. The van der Waals surface area contributed by atoms with E-state index in [9.17, 15) is 4.79 Å². The first-order valence-electron chi connectivity index (χ1n) is 6.67. The SMILES string of the molecule is COc1ccc(OC)c(NC(=O)/C=C/C2CC=C(C)O2)c1. The number of hydrogen-bond acceptors (Lipinski definition) is 4. The maximum atomic E-state index is 12.0. The summed E-state index contributed by atoms with van der Waals surface area (Å²) in [6, 6.07) is 5.22. The molecule has 0 saturated heterocycles. The monoisotopic (exact) mass is 289 g/mol. The Morgan fingerprint density at radius 3 is 2.81 bits per heavy atom. The number of amides is 1. The molecule has 5 nitrogen and oxygen atoms in total. The standard InChI is InChI=1S/C16H19NO4/c1-11-4-5-12(21-11)7-9-16(18)17-14-10-13(19-2)6-8-15(14)20-3/h4,6-10,12H,5H2,1-3H3,(H,17,18)/b9-7+. The first-order chi connectivity index (χ1) is 10.1. The molecule has 1 unspecified atom stereocenters. The Balaban J connectivity index is 2.00. The molecule has 0 fully saturated rings. The van der Waals surface area contributed by atoms with Crippen LogP contribution in [0.15, 0.2) is 42.2 Å². The number of carbonyl (C=O) groups excluding carboxylic acids is 1. The van der Waals surface area contributed by atoms with Crippen molar-refractivity contribution >= 4 is 11.6 Å². The van der Waals surface area contributed by atoms with Crippen molar-refractivity contribution < 1.29 is 19.0 Å². The zero-order chi connectivity index (χ0) is 15.2. The van der Waals surface area contributed by atoms with Gasteiger partial charge in [0, 0.05) is 18.6 Å². The van der Waals surface area contributed by atoms with E-state index in [1.807, 2.05) is 13.0 Å². The first kappa shape index (κ1) is 15.0. The van der Waals surface area contributed by atoms with Gasteiger partial charge in [-0.05, 0) is 31.2 Å². The van der Waals surface area contributed by atoms with Crippen molar-refractivity contribution in [2.45, 2.75) is 19.4 Å². The minimum Gasteiger partial charge on any atom is -0.497 e. The Bertz CT molecular complexity index is 578. The molecule has 1 aliphatic rings. The van der Waals surface area contributed by atoms with E-state index in [2.05, 4.69) is 5.32 Å². The summed E-state index contributed by atoms with van der Waals surface area (Å²) in [6.45, 7) is 1.90. The van der Waals surface area contributed by atoms with Crippen molar-refractivity contribution in [2.75, 3.05) is 19.5 Å². The minimum atomic E-state index is -0.241. The van der Waals surface area contributed by atoms with Crippen LogP contribution in [0.3, 0.4) is 0 Å². The van der Waals surface area contributed by atoms with Crippen LogP contribution in [0, 0.1) is 0 Å². The smallest absolute Gasteiger partial charge is 0.248 e. The molecule has 0 spiro atoms. The molecule has 0 aromatic heterocycles. The lowest BCUT2D eigenvalue weighted by atomic mass is 10.2. The van der Waals surface area contributed by atoms with Gasteiger partial charge in [-0.3, -0.25) is 4.79 Å². The van der Waals surface area contributed by atoms with E-state index in [4.69, 9.17) is 14.2 Å². The topological polar surface area (TPSA) is 56.8 Å². The Morgan fingerprint density at radius 2 is 2.19 bits per heavy atom. The molecule has 5 heteroatoms. The predicted octanol–water partition coefficient (Wildman–Crippen LogP) is 2.89. The Morgan fingerprint density at radius 1 is 1.38 bits per heavy atom. The molecule has 0 aliphatic carbocycles. The number of benzene rings is 1. The van der Waals surface area contributed by atoms with Gasteiger partial charge in [-0.15, -0.1) is 0 Å². The summed E-state index contributed by atoms with van der Waals surface area (Å²) in [5, 5.41) is 2.77. The third-order valence-electron chi connectivity index (χ3n) is 3.10. The van der Waals surface area contributed by atoms with E-state index in [1.54, 1.807) is 38.5 Å². The molecule has 0 bridgehead atoms. The molecule has 1 aromatic carbocycles. The van der Waals surface area contributed by atoms with Gasteiger partial charge in [0.1, 0.15) is 17.6 Å². The lowest BCUT2D eigenvalue weighted by molar-refractivity contribution is -0.112. The summed E-state index contributed by atoms with van der Waals surface area (Å²) < 4.78 is 15.8. The summed E-state index contributed by atoms with van der Waals surface area (Å²) in [4.78, 5) is 12.0. The predicted molar refractivity (Wildman–Crippen MR) is 80.6 cm³/mol. The van der Waals surface area contributed by atoms with Crippen LogP contribution in [0.4, 0.5) is 5.69 Å². The molecular weight excluding hydrogens is 270 g/mol. The number of carbonyl (C=O) groups is 1. The van der Waals surface area contributed by atoms with Gasteiger partial charge < -0.3 is 19.5 Å². The maximum Gasteiger partial charge on any atom is 0.248 e. The molecule has 1 aromatic rings. The van der Waals surface area contributed by atoms with Crippen LogP contribution in [0.2, 0.25) is 0 Å². The van der Waals surface area contributed by atoms with Gasteiger partial charge in [-0.1, -0.05) is 0 Å². The van der Waals surface area contributed by atoms with Crippen LogP contribution >= 0.6 is 0 Å². The van der Waals surface area contributed by atoms with Gasteiger partial charge in [0.2, 0.25) is 5.91 Å². The fraction of sp³-hybridized carbons (Fsp3) is 0.312. The number of anilines is 1. The van der Waals surface area contributed by atoms with Crippen molar-refractivity contribution in [3.8, 4) is 11.5 Å². The van der Waals surface area contributed by atoms with Crippen LogP contribution in [0.5, 0.6) is 11.5 Å². The lowest BCUT2D eigenvalue weighted by Gasteiger charge is -2.11. The molecule has 112 valence electrons. The van der Waals surface area contributed by atoms with E-state index >= 15 is 0 Å². The largest absolute Gasteiger partial charge is 0.497 e. The Labute approximate surface area is 124 Å². The third-order valence-corrected chi connectivity index (χ3v) is 3.10. The highest BCUT2D eigenvalue weighted by molar-refractivity contribution is 6.00. The van der Waals surface area contributed by atoms with Crippen LogP contribution in [0.25, 0.3) is 0 Å². The fourth-order valence-corrected chi connectivity index (χ4v) is 2.02. The van der Waals surface area contributed by atoms with Gasteiger partial charge in [0.25, 0.3) is 0 Å². The van der Waals surface area contributed by atoms with Gasteiger partial charge in [0.05, 0.1) is 25.7 Å². The normalized spacial score (nSPS) is 17.3. The molecular formula is C16H19NO4. The molecule has 1 aliphatic heterocycles. The van der Waals surface area contributed by atoms with Crippen molar-refractivity contribution in [3.05, 3.63) is 42.2 Å². The number of allylic oxidation sites excluding steroid dienone is 1. The van der Waals surface area contributed by atoms with E-state index < -0.39 is 0 Å². The van der Waals surface area contributed by atoms with E-state index in [0.717, 1.165) is 12.2 Å². The lowest BCUT2D eigenvalue weighted by Crippen LogP contribution is -2.11. The van der Waals surface area contributed by atoms with Crippen molar-refractivity contribution in [2.24, 2.45) is 0 Å². The van der Waals surface area contributed by atoms with Crippen molar-refractivity contribution in [3.63, 3.8) is 0 Å². The van der Waals surface area contributed by atoms with Crippen molar-refractivity contribution in [1.29, 1.82) is 0 Å². The van der Waals surface area contributed by atoms with Crippen LogP contribution in [-0.4, -0.2) is 26.2 Å². The van der Waals surface area contributed by atoms with Gasteiger partial charge in [-0.25, -0.2) is 0 Å². The number of ether oxygens (including phenoxy) is 3. The Kier molecular flexibility index (Phi) is 4.87. The van der Waals surface area contributed by atoms with E-state index in [0.29, 0.717) is 17.2 Å². The molecule has 2 rings (SSSR count). The summed E-state index contributed by atoms with van der Waals surface area (Å²) >= 11 is 0. The molecule has 0 saturated carbocycles. The highest BCUT2D eigenvalue weighted by atomic mass is 16.5. The second-order valence-electron chi connectivity index (χ2n) is 4.62. The maximum absolute atomic E-state index is 12.0. The second-order valence-corrected chi connectivity index (χ2v) is 4.62. The average Bonchev–Trinajstić information content (AvgIpc) is 2.90. The molecule has 1 heterocycles. The molecule has 1 atom stereocenters. The van der Waals surface area contributed by atoms with E-state index in [1.165, 1.54) is 6.08 Å². The summed E-state index contributed by atoms with van der Waals surface area (Å²) in [5.41, 5.74) is 0.563. The molecule has 1 N–H and O–H groups in total. The zero-order valence-corrected chi connectivity index (χ0v) is 12.4. The summed E-state index contributed by atoms with van der Waals surface area (Å²) in [5.74, 6) is 1.87. The molecule has 21 heavy (non-hydrogen) atoms. The number of nitrogens with one attached hydrogen (secondary N) is 1. The van der Waals surface area contributed by atoms with Gasteiger partial charge in [-0.2, -0.15) is 0 Å². The molecule has 0 radical (unpaired) electrons. The van der Waals surface area contributed by atoms with E-state index in [-0.39, 0.29) is 12.0 Å².